The highest BCUT2D eigenvalue weighted by Crippen LogP contribution is 2.38. The van der Waals surface area contributed by atoms with Crippen LogP contribution in [0, 0.1) is 0 Å². The summed E-state index contributed by atoms with van der Waals surface area (Å²) >= 11 is 0. The molecule has 2 aliphatic heterocycles. The van der Waals surface area contributed by atoms with Crippen molar-refractivity contribution >= 4 is 14.3 Å². The van der Waals surface area contributed by atoms with Crippen molar-refractivity contribution in [2.24, 2.45) is 0 Å². The summed E-state index contributed by atoms with van der Waals surface area (Å²) in [5, 5.41) is 0.0663. The zero-order valence-electron chi connectivity index (χ0n) is 35.9. The van der Waals surface area contributed by atoms with Crippen LogP contribution in [0.15, 0.2) is 102 Å². The predicted octanol–water partition coefficient (Wildman–Crippen LogP) is 10.4. The lowest BCUT2D eigenvalue weighted by molar-refractivity contribution is -0.157. The highest BCUT2D eigenvalue weighted by molar-refractivity contribution is 6.74. The van der Waals surface area contributed by atoms with Crippen molar-refractivity contribution in [2.75, 3.05) is 27.9 Å². The van der Waals surface area contributed by atoms with Crippen LogP contribution < -0.4 is 14.2 Å². The number of benzene rings is 2. The van der Waals surface area contributed by atoms with Gasteiger partial charge < -0.3 is 37.6 Å². The number of rotatable bonds is 13. The summed E-state index contributed by atoms with van der Waals surface area (Å²) in [6, 6.07) is 13.4. The number of fused-ring (bicyclic) bond motifs is 2. The summed E-state index contributed by atoms with van der Waals surface area (Å²) in [7, 11) is 2.79. The Morgan fingerprint density at radius 1 is 0.877 bits per heavy atom. The maximum absolute atomic E-state index is 13.6. The number of hydrogen-bond acceptors (Lipinski definition) is 9. The van der Waals surface area contributed by atoms with Crippen LogP contribution in [-0.4, -0.2) is 72.7 Å². The quantitative estimate of drug-likeness (QED) is 0.112. The molecule has 0 N–H and O–H groups in total. The smallest absolute Gasteiger partial charge is 0.331 e. The molecule has 0 aromatic heterocycles. The molecule has 57 heavy (non-hydrogen) atoms. The number of allylic oxidation sites excluding steroid dienone is 2. The summed E-state index contributed by atoms with van der Waals surface area (Å²) in [5.74, 6) is 1.55. The molecule has 312 valence electrons. The Labute approximate surface area is 342 Å². The third-order valence-corrected chi connectivity index (χ3v) is 15.3. The molecule has 2 aromatic carbocycles. The molecule has 9 nitrogen and oxygen atoms in total. The van der Waals surface area contributed by atoms with Crippen LogP contribution in [0.1, 0.15) is 77.8 Å². The number of esters is 1. The van der Waals surface area contributed by atoms with Crippen LogP contribution in [0.25, 0.3) is 0 Å². The number of methoxy groups -OCH3 is 3. The van der Waals surface area contributed by atoms with Crippen LogP contribution in [0.2, 0.25) is 18.1 Å². The van der Waals surface area contributed by atoms with E-state index >= 15 is 0 Å². The van der Waals surface area contributed by atoms with Gasteiger partial charge in [-0.05, 0) is 93.1 Å². The molecule has 0 saturated carbocycles. The first-order valence-electron chi connectivity index (χ1n) is 20.0. The number of cyclic esters (lactones) is 1. The molecule has 0 unspecified atom stereocenters. The normalized spacial score (nSPS) is 25.0. The molecule has 0 aliphatic carbocycles. The van der Waals surface area contributed by atoms with Gasteiger partial charge in [0.05, 0.1) is 59.5 Å². The molecule has 1 saturated heterocycles. The topological polar surface area (TPSA) is 90.9 Å². The molecular weight excluding hydrogens is 737 g/mol. The number of ether oxygens (including phenoxy) is 7. The van der Waals surface area contributed by atoms with Crippen molar-refractivity contribution < 1.29 is 42.4 Å². The SMILES string of the molecule is C=C1C[C@H]2C/C=C/[C@H](O[Si](C)(C)C(C)(C)C)C/C(C)=C\C=C\C(=O)O[C@@H]([C@@H](COCc3ccc(OC)c(OC)c3)OCc3ccc(OC)cc3)C/C(C)=C/[C@@H](C1)O2. The molecule has 1 fully saturated rings. The molecule has 2 aliphatic rings. The molecule has 0 spiro atoms. The monoisotopic (exact) mass is 802 g/mol. The Kier molecular flexibility index (Phi) is 17.4. The summed E-state index contributed by atoms with van der Waals surface area (Å²) in [5.41, 5.74) is 5.12. The van der Waals surface area contributed by atoms with E-state index < -0.39 is 26.5 Å². The number of carbonyl (C=O) groups excluding carboxylic acids is 1. The average molecular weight is 803 g/mol. The third kappa shape index (κ3) is 14.7. The van der Waals surface area contributed by atoms with Crippen molar-refractivity contribution in [3.63, 3.8) is 0 Å². The molecule has 2 heterocycles. The van der Waals surface area contributed by atoms with Crippen molar-refractivity contribution in [1.82, 2.24) is 0 Å². The van der Waals surface area contributed by atoms with Gasteiger partial charge in [0.1, 0.15) is 18.0 Å². The highest BCUT2D eigenvalue weighted by Gasteiger charge is 2.39. The minimum Gasteiger partial charge on any atom is -0.497 e. The predicted molar refractivity (Wildman–Crippen MR) is 229 cm³/mol. The molecule has 0 amide bonds. The minimum atomic E-state index is -2.06. The van der Waals surface area contributed by atoms with E-state index in [-0.39, 0.29) is 43.2 Å². The molecule has 0 radical (unpaired) electrons. The van der Waals surface area contributed by atoms with E-state index in [1.54, 1.807) is 27.4 Å². The molecule has 2 aromatic rings. The van der Waals surface area contributed by atoms with Crippen molar-refractivity contribution in [2.45, 2.75) is 129 Å². The van der Waals surface area contributed by atoms with E-state index in [2.05, 4.69) is 65.6 Å². The summed E-state index contributed by atoms with van der Waals surface area (Å²) in [4.78, 5) is 13.6. The van der Waals surface area contributed by atoms with E-state index in [0.29, 0.717) is 24.3 Å². The second-order valence-corrected chi connectivity index (χ2v) is 21.5. The lowest BCUT2D eigenvalue weighted by Gasteiger charge is -2.39. The molecule has 10 heteroatoms. The number of hydrogen-bond donors (Lipinski definition) is 0. The van der Waals surface area contributed by atoms with Gasteiger partial charge in [-0.25, -0.2) is 4.79 Å². The molecular formula is C47H66O9Si. The van der Waals surface area contributed by atoms with E-state index in [9.17, 15) is 4.79 Å². The number of carbonyl (C=O) groups is 1. The van der Waals surface area contributed by atoms with E-state index in [0.717, 1.165) is 52.9 Å². The van der Waals surface area contributed by atoms with Gasteiger partial charge in [0.15, 0.2) is 19.8 Å². The molecule has 5 atom stereocenters. The largest absolute Gasteiger partial charge is 0.497 e. The van der Waals surface area contributed by atoms with Gasteiger partial charge in [0, 0.05) is 12.5 Å². The van der Waals surface area contributed by atoms with Crippen molar-refractivity contribution in [3.8, 4) is 17.2 Å². The fraction of sp³-hybridized carbons (Fsp3) is 0.511. The Bertz CT molecular complexity index is 1730. The summed E-state index contributed by atoms with van der Waals surface area (Å²) in [6.45, 7) is 20.5. The van der Waals surface area contributed by atoms with E-state index in [1.807, 2.05) is 55.5 Å². The first kappa shape index (κ1) is 45.8. The second-order valence-electron chi connectivity index (χ2n) is 16.7. The van der Waals surface area contributed by atoms with Gasteiger partial charge in [-0.15, -0.1) is 0 Å². The Hall–Kier alpha value is -3.93. The zero-order valence-corrected chi connectivity index (χ0v) is 36.9. The van der Waals surface area contributed by atoms with Gasteiger partial charge in [0.25, 0.3) is 0 Å². The zero-order chi connectivity index (χ0) is 41.6. The summed E-state index contributed by atoms with van der Waals surface area (Å²) in [6.07, 6.45) is 13.7. The molecule has 2 bridgehead atoms. The lowest BCUT2D eigenvalue weighted by Crippen LogP contribution is -2.43. The van der Waals surface area contributed by atoms with Gasteiger partial charge in [-0.2, -0.15) is 0 Å². The van der Waals surface area contributed by atoms with Crippen molar-refractivity contribution in [1.29, 1.82) is 0 Å². The highest BCUT2D eigenvalue weighted by atomic mass is 28.4. The van der Waals surface area contributed by atoms with E-state index in [4.69, 9.17) is 37.6 Å². The summed E-state index contributed by atoms with van der Waals surface area (Å²) < 4.78 is 48.9. The Morgan fingerprint density at radius 2 is 1.60 bits per heavy atom. The minimum absolute atomic E-state index is 0.00251. The maximum atomic E-state index is 13.6. The maximum Gasteiger partial charge on any atom is 0.331 e. The van der Waals surface area contributed by atoms with Crippen LogP contribution >= 0.6 is 0 Å². The first-order chi connectivity index (χ1) is 27.1. The Balaban J connectivity index is 1.64. The van der Waals surface area contributed by atoms with Crippen LogP contribution in [0.5, 0.6) is 17.2 Å². The van der Waals surface area contributed by atoms with Crippen molar-refractivity contribution in [3.05, 3.63) is 113 Å². The van der Waals surface area contributed by atoms with Gasteiger partial charge in [-0.1, -0.05) is 92.6 Å². The fourth-order valence-corrected chi connectivity index (χ4v) is 7.90. The second kappa shape index (κ2) is 21.7. The fourth-order valence-electron chi connectivity index (χ4n) is 6.62. The average Bonchev–Trinajstić information content (AvgIpc) is 3.14. The van der Waals surface area contributed by atoms with Gasteiger partial charge in [0.2, 0.25) is 0 Å². The van der Waals surface area contributed by atoms with Gasteiger partial charge in [-0.3, -0.25) is 0 Å². The van der Waals surface area contributed by atoms with Crippen LogP contribution in [0.4, 0.5) is 0 Å². The first-order valence-corrected chi connectivity index (χ1v) is 22.9. The third-order valence-electron chi connectivity index (χ3n) is 10.8. The lowest BCUT2D eigenvalue weighted by atomic mass is 9.95. The van der Waals surface area contributed by atoms with Crippen LogP contribution in [-0.2, 0) is 41.4 Å². The van der Waals surface area contributed by atoms with Gasteiger partial charge >= 0.3 is 5.97 Å². The Morgan fingerprint density at radius 3 is 2.28 bits per heavy atom. The van der Waals surface area contributed by atoms with E-state index in [1.165, 1.54) is 6.08 Å². The standard InChI is InChI=1S/C47H66O9Si/c1-33-14-12-17-46(48)55-44(28-35(3)27-41-26-34(2)25-39(54-41)15-13-16-40(24-33)56-57(10,11)47(4,5)6)45(53-31-36-18-21-38(49-7)22-19-36)32-52-30-37-20-23-42(50-8)43(29-37)51-9/h12-14,16-23,27,29,39-41,44-45H,2,15,24-26,28,30-32H2,1,3-11H3/b16-13+,17-12+,33-14-,35-27+/t39-,40+,41-,44-,45-/m1/s1. The molecule has 4 rings (SSSR count). The van der Waals surface area contributed by atoms with Crippen LogP contribution in [0.3, 0.4) is 0 Å².